The minimum atomic E-state index is -3.55. The van der Waals surface area contributed by atoms with Crippen LogP contribution < -0.4 is 63.2 Å². The lowest BCUT2D eigenvalue weighted by molar-refractivity contribution is -0.883. The molecule has 150 heavy (non-hydrogen) atoms. The molecule has 0 atom stereocenters. The molecule has 40 nitrogen and oxygen atoms in total. The number of aryl methyl sites for hydroxylation is 1. The second-order valence-electron chi connectivity index (χ2n) is 36.7. The van der Waals surface area contributed by atoms with Crippen molar-refractivity contribution in [3.63, 3.8) is 0 Å². The number of H-pyrrole nitrogens is 3. The van der Waals surface area contributed by atoms with Gasteiger partial charge in [-0.2, -0.15) is 0 Å². The second-order valence-corrected chi connectivity index (χ2v) is 39.3. The fourth-order valence-corrected chi connectivity index (χ4v) is 15.1. The molecule has 16 aromatic rings. The molecule has 0 spiro atoms. The molecule has 0 saturated carbocycles. The number of phenolic OH excluding ortho intramolecular Hbond substituents is 1. The first kappa shape index (κ1) is 124. The molecule has 0 unspecified atom stereocenters. The standard InChI is InChI=1S/C18H24N4O2.C18H23N3O3.C18H23N3O2.C14H17N3O3.C14H19N3O.C9H7N3O3.C7H7ClO2S.C6H14.C4H8O3.H3N.H2O/c1-4-23-10-14-21-16-15-12(20-18(19)17(16)22-14)6-5-7-13(15)24-9-8-11(2)3;1-4-23-11-16-19-13-10-21(22)14-6-5-7-15(17(14)18(13)20-16)24-9-8-12(2)3;1-4-22-11-16-20-14-10-19-13-6-5-7-15(17(13)18(14)21-16)23-9-8-12(2)3;1-9(2)6-7-20-12-5-3-4-10-13(12)14(15)11(8-16-10)17(18)19;1-9(2)6-7-18-12-5-3-4-11-13(12)14(16)10(15)8-17-11;10-9-6(12(14)15)4-11-5-2-1-3-7(13)8(5)9;1-6-2-4-7(5-3-6)11(8,9)10;1-4-5-6(2)3;1-2-7-3-4(5)6;;/h5-7,11H,4,8-10H2,1-3H3,(H2,19,20)(H,21,22);5-7,10,12,22H,4,8-9,11H2,1-3H3;5-7,10,12H,4,8-9,11H2,1-3H3,(H,20,21);3-5,8-9H,6-7H2,1-2H3,(H2,15,16);3-5,8-9H,6-7,15H2,1-2H3,(H2,16,17);1-4,13H,(H2,10,11);2-5H,1H3;6H,4-5H2,1-3H3;2-3H2,1H3,(H,5,6);1H3;1H2/p+1. The van der Waals surface area contributed by atoms with Crippen LogP contribution in [0.15, 0.2) is 169 Å². The molecule has 7 aromatic carbocycles. The summed E-state index contributed by atoms with van der Waals surface area (Å²) in [6, 6.07) is 39.4. The zero-order chi connectivity index (χ0) is 108. The molecule has 16 rings (SSSR count). The van der Waals surface area contributed by atoms with Crippen molar-refractivity contribution in [1.29, 1.82) is 0 Å². The number of nitrogens with one attached hydrogen (secondary N) is 3. The number of nitrogens with zero attached hydrogens (tertiary/aromatic N) is 11. The molecule has 42 heteroatoms. The normalized spacial score (nSPS) is 11.0. The van der Waals surface area contributed by atoms with Crippen LogP contribution >= 0.6 is 10.7 Å². The third kappa shape index (κ3) is 37.2. The number of carboxylic acids is 1. The van der Waals surface area contributed by atoms with Gasteiger partial charge >= 0.3 is 17.3 Å². The second kappa shape index (κ2) is 61.9. The van der Waals surface area contributed by atoms with Gasteiger partial charge in [-0.3, -0.25) is 35.4 Å². The summed E-state index contributed by atoms with van der Waals surface area (Å²) in [5, 5.41) is 53.4. The van der Waals surface area contributed by atoms with E-state index in [1.807, 2.05) is 107 Å². The van der Waals surface area contributed by atoms with Crippen LogP contribution in [0.3, 0.4) is 0 Å². The van der Waals surface area contributed by atoms with Crippen LogP contribution in [0.1, 0.15) is 186 Å². The molecule has 0 amide bonds. The van der Waals surface area contributed by atoms with Crippen LogP contribution in [0.2, 0.25) is 0 Å². The first-order chi connectivity index (χ1) is 70.6. The molecular formula is C108H148ClN20O20S+. The number of nitrogens with two attached hydrogens (primary N) is 5. The molecular weight excluding hydrogens is 1960 g/mol. The predicted molar refractivity (Wildman–Crippen MR) is 594 cm³/mol. The van der Waals surface area contributed by atoms with E-state index in [0.717, 1.165) is 166 Å². The number of anilines is 5. The van der Waals surface area contributed by atoms with E-state index < -0.39 is 24.9 Å². The summed E-state index contributed by atoms with van der Waals surface area (Å²) in [6.45, 7) is 44.6. The monoisotopic (exact) mass is 2110 g/mol. The number of benzene rings is 7. The minimum Gasteiger partial charge on any atom is -0.507 e. The number of nitro groups is 2. The van der Waals surface area contributed by atoms with Gasteiger partial charge < -0.3 is 108 Å². The Hall–Kier alpha value is -14.7. The van der Waals surface area contributed by atoms with Gasteiger partial charge in [-0.05, 0) is 181 Å². The number of aromatic nitrogens is 12. The van der Waals surface area contributed by atoms with Crippen molar-refractivity contribution in [3.8, 4) is 34.5 Å². The number of carbonyl (C=O) groups is 1. The average Bonchev–Trinajstić information content (AvgIpc) is 1.59. The number of carboxylic acid groups (broad SMARTS) is 1. The van der Waals surface area contributed by atoms with Crippen LogP contribution in [0.4, 0.5) is 39.9 Å². The number of rotatable bonds is 37. The van der Waals surface area contributed by atoms with Gasteiger partial charge in [0.15, 0.2) is 0 Å². The van der Waals surface area contributed by atoms with E-state index in [4.69, 9.17) is 82.4 Å². The minimum absolute atomic E-state index is 0. The van der Waals surface area contributed by atoms with E-state index in [1.54, 1.807) is 61.8 Å². The van der Waals surface area contributed by atoms with Crippen molar-refractivity contribution in [2.45, 2.75) is 194 Å². The Morgan fingerprint density at radius 1 is 0.440 bits per heavy atom. The third-order valence-electron chi connectivity index (χ3n) is 22.1. The Kier molecular flexibility index (Phi) is 51.2. The number of hydrogen-bond donors (Lipinski definition) is 12. The Morgan fingerprint density at radius 3 is 1.20 bits per heavy atom. The van der Waals surface area contributed by atoms with E-state index in [1.165, 1.54) is 37.2 Å². The van der Waals surface area contributed by atoms with Gasteiger partial charge in [0.1, 0.15) is 141 Å². The van der Waals surface area contributed by atoms with Gasteiger partial charge in [0.2, 0.25) is 6.20 Å². The van der Waals surface area contributed by atoms with E-state index in [0.29, 0.717) is 154 Å². The maximum absolute atomic E-state index is 10.9. The van der Waals surface area contributed by atoms with Crippen LogP contribution in [0.25, 0.3) is 98.5 Å². The lowest BCUT2D eigenvalue weighted by Crippen LogP contribution is -2.30. The summed E-state index contributed by atoms with van der Waals surface area (Å²) in [6.07, 6.45) is 14.9. The molecule has 9 heterocycles. The number of aromatic amines is 3. The Balaban J connectivity index is 0.000000263. The van der Waals surface area contributed by atoms with Gasteiger partial charge in [-0.1, -0.05) is 157 Å². The maximum Gasteiger partial charge on any atom is 0.329 e. The van der Waals surface area contributed by atoms with Crippen molar-refractivity contribution in [2.24, 2.45) is 35.5 Å². The summed E-state index contributed by atoms with van der Waals surface area (Å²) in [7, 11) is 1.54. The van der Waals surface area contributed by atoms with Gasteiger partial charge in [-0.25, -0.2) is 43.1 Å². The molecule has 21 N–H and O–H groups in total. The zero-order valence-electron chi connectivity index (χ0n) is 88.9. The molecule has 0 saturated heterocycles. The van der Waals surface area contributed by atoms with Gasteiger partial charge in [0.05, 0.1) is 132 Å². The fraction of sp³-hybridized carbons (Fsp3) is 0.407. The number of halogens is 1. The molecule has 0 aliphatic heterocycles. The number of pyridine rings is 6. The lowest BCUT2D eigenvalue weighted by atomic mass is 10.1. The highest BCUT2D eigenvalue weighted by atomic mass is 35.7. The molecule has 0 aliphatic carbocycles. The summed E-state index contributed by atoms with van der Waals surface area (Å²) in [5.74, 6) is 9.18. The molecule has 0 bridgehead atoms. The number of imidazole rings is 3. The Morgan fingerprint density at radius 2 is 0.793 bits per heavy atom. The summed E-state index contributed by atoms with van der Waals surface area (Å²) in [4.78, 5) is 74.9. The van der Waals surface area contributed by atoms with Gasteiger partial charge in [0, 0.05) is 47.9 Å². The van der Waals surface area contributed by atoms with Gasteiger partial charge in [0.25, 0.3) is 14.6 Å². The Labute approximate surface area is 878 Å². The van der Waals surface area contributed by atoms with Crippen molar-refractivity contribution >= 4 is 164 Å². The number of phenols is 1. The number of ether oxygens (including phenoxy) is 9. The summed E-state index contributed by atoms with van der Waals surface area (Å²) >= 11 is 0. The van der Waals surface area contributed by atoms with Crippen LogP contribution in [-0.2, 0) is 52.6 Å². The number of hydrogen-bond acceptors (Lipinski definition) is 32. The summed E-state index contributed by atoms with van der Waals surface area (Å²) in [5.41, 5.74) is 40.0. The highest BCUT2D eigenvalue weighted by Crippen LogP contribution is 2.40. The first-order valence-corrected chi connectivity index (χ1v) is 51.8. The van der Waals surface area contributed by atoms with Crippen molar-refractivity contribution in [2.75, 3.05) is 94.7 Å². The molecule has 812 valence electrons. The first-order valence-electron chi connectivity index (χ1n) is 49.4. The van der Waals surface area contributed by atoms with Crippen molar-refractivity contribution < 1.29 is 91.3 Å². The third-order valence-corrected chi connectivity index (χ3v) is 23.5. The van der Waals surface area contributed by atoms with Gasteiger partial charge in [-0.15, -0.1) is 0 Å². The quantitative estimate of drug-likeness (QED) is 0.00565. The lowest BCUT2D eigenvalue weighted by Gasteiger charge is -2.12. The topological polar surface area (TPSA) is 632 Å². The van der Waals surface area contributed by atoms with Crippen molar-refractivity contribution in [3.05, 3.63) is 208 Å². The van der Waals surface area contributed by atoms with Crippen molar-refractivity contribution in [1.82, 2.24) is 61.0 Å². The van der Waals surface area contributed by atoms with E-state index in [2.05, 4.69) is 150 Å². The molecule has 0 fully saturated rings. The van der Waals surface area contributed by atoms with E-state index in [-0.39, 0.29) is 57.0 Å². The number of aliphatic carboxylic acids is 1. The highest BCUT2D eigenvalue weighted by molar-refractivity contribution is 8.13. The fourth-order valence-electron chi connectivity index (χ4n) is 14.3. The maximum atomic E-state index is 10.9. The van der Waals surface area contributed by atoms with Crippen LogP contribution in [0.5, 0.6) is 34.5 Å². The largest absolute Gasteiger partial charge is 0.507 e. The average molecular weight is 2110 g/mol. The highest BCUT2D eigenvalue weighted by Gasteiger charge is 2.25. The van der Waals surface area contributed by atoms with Crippen LogP contribution in [0, 0.1) is 62.7 Å². The molecule has 0 aliphatic rings. The summed E-state index contributed by atoms with van der Waals surface area (Å²) < 4.78 is 72.8. The number of nitrogen functional groups attached to an aromatic ring is 5. The number of aromatic hydroxyl groups is 1. The zero-order valence-corrected chi connectivity index (χ0v) is 90.4. The van der Waals surface area contributed by atoms with Crippen LogP contribution in [-0.4, -0.2) is 166 Å². The molecule has 9 aromatic heterocycles. The predicted octanol–water partition coefficient (Wildman–Crippen LogP) is 22.1. The van der Waals surface area contributed by atoms with E-state index in [9.17, 15) is 43.8 Å². The Bertz CT molecular complexity index is 7120. The number of fused-ring (bicyclic) bond motifs is 12. The van der Waals surface area contributed by atoms with E-state index >= 15 is 0 Å². The smallest absolute Gasteiger partial charge is 0.329 e. The SMILES string of the molecule is CC(C)CCOc1cccc2ncc(N)c(N)c12.CC(C)CCOc1cccc2ncc([N+](=O)[O-])c(N)c12.CCCC(C)C.CCOCC(=O)O.CCOCc1nc2c([nH]1)c(N)nc1cccc(OCCC(C)C)c12.CCOCc1nc2c(c[n+](O)c3cccc(OCCC(C)C)c23)[nH]1.CCOCc1nc2c(cnc3cccc(OCCC(C)C)c32)[nH]1.Cc1ccc(S(=O)(=O)Cl)cc1.N.Nc1c([N+](=O)[O-])cnc2cccc(O)c12.O. The molecule has 0 radical (unpaired) electrons.